The van der Waals surface area contributed by atoms with Crippen molar-refractivity contribution >= 4 is 17.1 Å². The Bertz CT molecular complexity index is 469. The van der Waals surface area contributed by atoms with E-state index in [0.717, 1.165) is 0 Å². The van der Waals surface area contributed by atoms with Crippen molar-refractivity contribution in [2.24, 2.45) is 0 Å². The maximum absolute atomic E-state index is 11.8. The first-order chi connectivity index (χ1) is 7.31. The van der Waals surface area contributed by atoms with Crippen LogP contribution in [0.2, 0.25) is 0 Å². The van der Waals surface area contributed by atoms with Crippen LogP contribution in [0.1, 0.15) is 15.4 Å². The fraction of sp³-hybridized carbons (Fsp3) is 0.111. The lowest BCUT2D eigenvalue weighted by molar-refractivity contribution is 0.103. The summed E-state index contributed by atoms with van der Waals surface area (Å²) in [4.78, 5) is 23.9. The second-order valence-electron chi connectivity index (χ2n) is 2.61. The van der Waals surface area contributed by atoms with Crippen molar-refractivity contribution in [3.05, 3.63) is 35.4 Å². The predicted octanol–water partition coefficient (Wildman–Crippen LogP) is 1.17. The number of rotatable bonds is 3. The van der Waals surface area contributed by atoms with E-state index in [4.69, 9.17) is 4.74 Å². The highest BCUT2D eigenvalue weighted by Crippen LogP contribution is 2.21. The third kappa shape index (κ3) is 1.99. The zero-order chi connectivity index (χ0) is 10.7. The van der Waals surface area contributed by atoms with Crippen molar-refractivity contribution in [3.63, 3.8) is 0 Å². The van der Waals surface area contributed by atoms with Gasteiger partial charge in [-0.05, 0) is 0 Å². The largest absolute Gasteiger partial charge is 0.473 e. The van der Waals surface area contributed by atoms with E-state index in [1.807, 2.05) is 0 Å². The number of hydrogen-bond donors (Lipinski definition) is 0. The Morgan fingerprint density at radius 2 is 2.20 bits per heavy atom. The minimum absolute atomic E-state index is 0.191. The number of aromatic nitrogens is 3. The summed E-state index contributed by atoms with van der Waals surface area (Å²) in [5, 5.41) is 0.460. The molecule has 76 valence electrons. The van der Waals surface area contributed by atoms with E-state index in [-0.39, 0.29) is 5.78 Å². The molecular weight excluding hydrogens is 214 g/mol. The van der Waals surface area contributed by atoms with Crippen molar-refractivity contribution < 1.29 is 9.53 Å². The first-order valence-electron chi connectivity index (χ1n) is 4.12. The number of methoxy groups -OCH3 is 1. The average molecular weight is 221 g/mol. The smallest absolute Gasteiger partial charge is 0.273 e. The molecule has 6 heteroatoms. The highest BCUT2D eigenvalue weighted by atomic mass is 32.1. The molecule has 5 nitrogen and oxygen atoms in total. The first kappa shape index (κ1) is 9.72. The second-order valence-corrected chi connectivity index (χ2v) is 3.61. The van der Waals surface area contributed by atoms with Crippen LogP contribution in [0.3, 0.4) is 0 Å². The van der Waals surface area contributed by atoms with E-state index in [1.165, 1.54) is 43.2 Å². The summed E-state index contributed by atoms with van der Waals surface area (Å²) in [6, 6.07) is 0. The van der Waals surface area contributed by atoms with E-state index in [9.17, 15) is 4.79 Å². The van der Waals surface area contributed by atoms with Crippen LogP contribution in [0.15, 0.2) is 24.8 Å². The van der Waals surface area contributed by atoms with Gasteiger partial charge in [-0.2, -0.15) is 0 Å². The normalized spacial score (nSPS) is 9.93. The van der Waals surface area contributed by atoms with E-state index < -0.39 is 0 Å². The molecule has 0 atom stereocenters. The summed E-state index contributed by atoms with van der Waals surface area (Å²) in [5.74, 6) is -0.191. The number of hydrogen-bond acceptors (Lipinski definition) is 6. The van der Waals surface area contributed by atoms with Gasteiger partial charge in [0.1, 0.15) is 10.6 Å². The van der Waals surface area contributed by atoms with Crippen molar-refractivity contribution in [1.29, 1.82) is 0 Å². The molecule has 0 aliphatic rings. The van der Waals surface area contributed by atoms with Crippen LogP contribution >= 0.6 is 11.3 Å². The van der Waals surface area contributed by atoms with E-state index in [0.29, 0.717) is 15.8 Å². The molecule has 0 fully saturated rings. The quantitative estimate of drug-likeness (QED) is 0.728. The molecule has 0 aliphatic carbocycles. The van der Waals surface area contributed by atoms with Crippen LogP contribution < -0.4 is 4.74 Å². The zero-order valence-corrected chi connectivity index (χ0v) is 8.69. The van der Waals surface area contributed by atoms with Gasteiger partial charge in [0.15, 0.2) is 0 Å². The Balaban J connectivity index is 2.29. The van der Waals surface area contributed by atoms with Gasteiger partial charge in [0, 0.05) is 12.4 Å². The number of thiazole rings is 1. The number of carbonyl (C=O) groups excluding carboxylic acids is 1. The van der Waals surface area contributed by atoms with Crippen molar-refractivity contribution in [3.8, 4) is 5.19 Å². The topological polar surface area (TPSA) is 65.0 Å². The summed E-state index contributed by atoms with van der Waals surface area (Å²) >= 11 is 1.19. The average Bonchev–Trinajstić information content (AvgIpc) is 2.78. The minimum Gasteiger partial charge on any atom is -0.473 e. The molecule has 0 unspecified atom stereocenters. The van der Waals surface area contributed by atoms with Gasteiger partial charge in [-0.25, -0.2) is 9.97 Å². The fourth-order valence-corrected chi connectivity index (χ4v) is 1.68. The molecule has 2 heterocycles. The maximum atomic E-state index is 11.8. The monoisotopic (exact) mass is 221 g/mol. The first-order valence-corrected chi connectivity index (χ1v) is 4.93. The lowest BCUT2D eigenvalue weighted by atomic mass is 10.3. The standard InChI is InChI=1S/C9H7N3O2S/c1-14-9-12-5-7(15-9)8(13)6-4-10-2-3-11-6/h2-5H,1H3. The number of carbonyl (C=O) groups is 1. The molecule has 0 saturated heterocycles. The predicted molar refractivity (Wildman–Crippen MR) is 54.1 cm³/mol. The highest BCUT2D eigenvalue weighted by Gasteiger charge is 2.14. The Labute approximate surface area is 89.8 Å². The number of ketones is 1. The third-order valence-electron chi connectivity index (χ3n) is 1.68. The van der Waals surface area contributed by atoms with Gasteiger partial charge in [0.2, 0.25) is 5.78 Å². The number of ether oxygens (including phenoxy) is 1. The maximum Gasteiger partial charge on any atom is 0.273 e. The molecule has 2 aromatic rings. The Morgan fingerprint density at radius 3 is 2.80 bits per heavy atom. The summed E-state index contributed by atoms with van der Waals surface area (Å²) in [7, 11) is 1.51. The highest BCUT2D eigenvalue weighted by molar-refractivity contribution is 7.15. The van der Waals surface area contributed by atoms with Crippen molar-refractivity contribution in [1.82, 2.24) is 15.0 Å². The molecular formula is C9H7N3O2S. The van der Waals surface area contributed by atoms with E-state index in [2.05, 4.69) is 15.0 Å². The lowest BCUT2D eigenvalue weighted by Gasteiger charge is -1.93. The van der Waals surface area contributed by atoms with Crippen LogP contribution in [-0.4, -0.2) is 27.8 Å². The van der Waals surface area contributed by atoms with Gasteiger partial charge in [-0.1, -0.05) is 11.3 Å². The van der Waals surface area contributed by atoms with Crippen LogP contribution in [0, 0.1) is 0 Å². The molecule has 0 bridgehead atoms. The summed E-state index contributed by atoms with van der Waals surface area (Å²) in [6.45, 7) is 0. The van der Waals surface area contributed by atoms with Crippen LogP contribution in [0.5, 0.6) is 5.19 Å². The van der Waals surface area contributed by atoms with Gasteiger partial charge >= 0.3 is 0 Å². The summed E-state index contributed by atoms with van der Waals surface area (Å²) in [5.41, 5.74) is 0.309. The minimum atomic E-state index is -0.191. The molecule has 0 spiro atoms. The summed E-state index contributed by atoms with van der Waals surface area (Å²) < 4.78 is 4.90. The molecule has 0 amide bonds. The van der Waals surface area contributed by atoms with E-state index >= 15 is 0 Å². The van der Waals surface area contributed by atoms with Crippen molar-refractivity contribution in [2.45, 2.75) is 0 Å². The Hall–Kier alpha value is -1.82. The van der Waals surface area contributed by atoms with Crippen LogP contribution in [0.25, 0.3) is 0 Å². The molecule has 2 aromatic heterocycles. The Morgan fingerprint density at radius 1 is 1.33 bits per heavy atom. The second kappa shape index (κ2) is 4.14. The fourth-order valence-electron chi connectivity index (χ4n) is 1.00. The molecule has 0 radical (unpaired) electrons. The molecule has 2 rings (SSSR count). The van der Waals surface area contributed by atoms with Gasteiger partial charge < -0.3 is 4.74 Å². The molecule has 0 aromatic carbocycles. The molecule has 15 heavy (non-hydrogen) atoms. The van der Waals surface area contributed by atoms with Gasteiger partial charge in [-0.3, -0.25) is 9.78 Å². The van der Waals surface area contributed by atoms with E-state index in [1.54, 1.807) is 0 Å². The molecule has 0 saturated carbocycles. The zero-order valence-electron chi connectivity index (χ0n) is 7.88. The van der Waals surface area contributed by atoms with Crippen LogP contribution in [-0.2, 0) is 0 Å². The molecule has 0 aliphatic heterocycles. The van der Waals surface area contributed by atoms with Gasteiger partial charge in [0.05, 0.1) is 19.5 Å². The van der Waals surface area contributed by atoms with Crippen LogP contribution in [0.4, 0.5) is 0 Å². The van der Waals surface area contributed by atoms with Gasteiger partial charge in [0.25, 0.3) is 5.19 Å². The summed E-state index contributed by atoms with van der Waals surface area (Å²) in [6.07, 6.45) is 5.89. The van der Waals surface area contributed by atoms with Gasteiger partial charge in [-0.15, -0.1) is 0 Å². The molecule has 0 N–H and O–H groups in total. The number of nitrogens with zero attached hydrogens (tertiary/aromatic N) is 3. The lowest BCUT2D eigenvalue weighted by Crippen LogP contribution is -2.01. The Kier molecular flexibility index (Phi) is 2.68. The SMILES string of the molecule is COc1ncc(C(=O)c2cnccn2)s1. The van der Waals surface area contributed by atoms with Crippen molar-refractivity contribution in [2.75, 3.05) is 7.11 Å². The third-order valence-corrected chi connectivity index (χ3v) is 2.64.